The number of anilines is 1. The van der Waals surface area contributed by atoms with E-state index in [1.807, 2.05) is 6.07 Å². The van der Waals surface area contributed by atoms with Gasteiger partial charge in [-0.3, -0.25) is 0 Å². The highest BCUT2D eigenvalue weighted by molar-refractivity contribution is 6.34. The van der Waals surface area contributed by atoms with Crippen molar-refractivity contribution in [1.82, 2.24) is 20.3 Å². The molecule has 1 N–H and O–H groups in total. The number of rotatable bonds is 3. The molecule has 0 amide bonds. The SMILES string of the molecule is CCc1nc(N2CC3CCC(C2)N3)c2cc(Cl)c(-c3cc(C)cc4c3C=CCC4)nc2n1. The van der Waals surface area contributed by atoms with Crippen molar-refractivity contribution in [2.24, 2.45) is 0 Å². The highest BCUT2D eigenvalue weighted by atomic mass is 35.5. The Bertz CT molecular complexity index is 1240. The molecule has 2 bridgehead atoms. The molecule has 6 rings (SSSR count). The van der Waals surface area contributed by atoms with Gasteiger partial charge in [0, 0.05) is 37.2 Å². The second-order valence-electron chi connectivity index (χ2n) is 9.38. The first-order chi connectivity index (χ1) is 15.6. The highest BCUT2D eigenvalue weighted by Crippen LogP contribution is 2.38. The van der Waals surface area contributed by atoms with Crippen molar-refractivity contribution in [2.75, 3.05) is 18.0 Å². The van der Waals surface area contributed by atoms with E-state index in [9.17, 15) is 0 Å². The van der Waals surface area contributed by atoms with Crippen molar-refractivity contribution in [2.45, 2.75) is 58.0 Å². The van der Waals surface area contributed by atoms with Gasteiger partial charge in [0.25, 0.3) is 0 Å². The van der Waals surface area contributed by atoms with Gasteiger partial charge in [0.2, 0.25) is 0 Å². The summed E-state index contributed by atoms with van der Waals surface area (Å²) in [5.74, 6) is 1.82. The number of nitrogens with one attached hydrogen (secondary N) is 1. The number of hydrogen-bond acceptors (Lipinski definition) is 5. The number of allylic oxidation sites excluding steroid dienone is 1. The predicted molar refractivity (Wildman–Crippen MR) is 131 cm³/mol. The normalized spacial score (nSPS) is 21.9. The summed E-state index contributed by atoms with van der Waals surface area (Å²) >= 11 is 6.91. The number of aromatic nitrogens is 3. The van der Waals surface area contributed by atoms with Gasteiger partial charge in [0.15, 0.2) is 5.65 Å². The lowest BCUT2D eigenvalue weighted by atomic mass is 9.90. The van der Waals surface area contributed by atoms with E-state index in [1.165, 1.54) is 29.5 Å². The van der Waals surface area contributed by atoms with Crippen molar-refractivity contribution in [1.29, 1.82) is 0 Å². The van der Waals surface area contributed by atoms with E-state index < -0.39 is 0 Å². The topological polar surface area (TPSA) is 53.9 Å². The van der Waals surface area contributed by atoms with Gasteiger partial charge in [-0.1, -0.05) is 42.3 Å². The Balaban J connectivity index is 1.53. The average Bonchev–Trinajstić information content (AvgIpc) is 3.14. The molecule has 2 unspecified atom stereocenters. The van der Waals surface area contributed by atoms with Crippen LogP contribution in [0.25, 0.3) is 28.4 Å². The third kappa shape index (κ3) is 3.39. The Morgan fingerprint density at radius 2 is 1.91 bits per heavy atom. The van der Waals surface area contributed by atoms with E-state index in [1.54, 1.807) is 0 Å². The summed E-state index contributed by atoms with van der Waals surface area (Å²) in [6.45, 7) is 6.19. The van der Waals surface area contributed by atoms with Crippen molar-refractivity contribution in [3.63, 3.8) is 0 Å². The van der Waals surface area contributed by atoms with Crippen LogP contribution in [0.5, 0.6) is 0 Å². The number of piperazine rings is 1. The van der Waals surface area contributed by atoms with Crippen molar-refractivity contribution < 1.29 is 0 Å². The van der Waals surface area contributed by atoms with Crippen molar-refractivity contribution in [3.05, 3.63) is 51.8 Å². The third-order valence-electron chi connectivity index (χ3n) is 7.03. The number of benzene rings is 1. The number of hydrogen-bond donors (Lipinski definition) is 1. The number of pyridine rings is 1. The third-order valence-corrected chi connectivity index (χ3v) is 7.32. The van der Waals surface area contributed by atoms with Gasteiger partial charge in [-0.2, -0.15) is 0 Å². The molecule has 2 aliphatic heterocycles. The van der Waals surface area contributed by atoms with Crippen LogP contribution in [0.1, 0.15) is 48.7 Å². The molecule has 2 saturated heterocycles. The summed E-state index contributed by atoms with van der Waals surface area (Å²) in [5, 5.41) is 5.33. The minimum absolute atomic E-state index is 0.539. The predicted octanol–water partition coefficient (Wildman–Crippen LogP) is 5.12. The van der Waals surface area contributed by atoms with Gasteiger partial charge in [-0.15, -0.1) is 0 Å². The molecular formula is C26H28ClN5. The van der Waals surface area contributed by atoms with E-state index in [0.29, 0.717) is 17.1 Å². The summed E-state index contributed by atoms with van der Waals surface area (Å²) < 4.78 is 0. The number of aryl methyl sites for hydroxylation is 3. The molecule has 2 fully saturated rings. The van der Waals surface area contributed by atoms with Crippen LogP contribution in [0.2, 0.25) is 5.02 Å². The van der Waals surface area contributed by atoms with Crippen LogP contribution in [-0.4, -0.2) is 40.1 Å². The van der Waals surface area contributed by atoms with Crippen LogP contribution >= 0.6 is 11.6 Å². The molecule has 0 saturated carbocycles. The Morgan fingerprint density at radius 1 is 1.09 bits per heavy atom. The van der Waals surface area contributed by atoms with E-state index in [4.69, 9.17) is 26.6 Å². The average molecular weight is 446 g/mol. The van der Waals surface area contributed by atoms with Crippen molar-refractivity contribution in [3.8, 4) is 11.3 Å². The molecule has 0 spiro atoms. The van der Waals surface area contributed by atoms with Crippen LogP contribution in [0.4, 0.5) is 5.82 Å². The Labute approximate surface area is 193 Å². The van der Waals surface area contributed by atoms with E-state index in [-0.39, 0.29) is 0 Å². The fourth-order valence-electron chi connectivity index (χ4n) is 5.53. The van der Waals surface area contributed by atoms with Crippen LogP contribution in [0, 0.1) is 6.92 Å². The molecule has 164 valence electrons. The Morgan fingerprint density at radius 3 is 2.69 bits per heavy atom. The zero-order valence-electron chi connectivity index (χ0n) is 18.7. The molecule has 3 aromatic rings. The number of halogens is 1. The molecule has 1 aromatic carbocycles. The summed E-state index contributed by atoms with van der Waals surface area (Å²) in [6.07, 6.45) is 9.85. The Kier molecular flexibility index (Phi) is 4.92. The minimum atomic E-state index is 0.539. The van der Waals surface area contributed by atoms with Crippen molar-refractivity contribution >= 4 is 34.5 Å². The Hall–Kier alpha value is -2.50. The second kappa shape index (κ2) is 7.82. The van der Waals surface area contributed by atoms with Crippen LogP contribution in [0.15, 0.2) is 24.3 Å². The molecular weight excluding hydrogens is 418 g/mol. The van der Waals surface area contributed by atoms with E-state index in [2.05, 4.69) is 48.3 Å². The summed E-state index contributed by atoms with van der Waals surface area (Å²) in [7, 11) is 0. The van der Waals surface area contributed by atoms with Gasteiger partial charge in [0.05, 0.1) is 16.1 Å². The monoisotopic (exact) mass is 445 g/mol. The zero-order chi connectivity index (χ0) is 21.8. The largest absolute Gasteiger partial charge is 0.353 e. The maximum Gasteiger partial charge on any atom is 0.165 e. The molecule has 0 radical (unpaired) electrons. The molecule has 32 heavy (non-hydrogen) atoms. The first kappa shape index (κ1) is 20.1. The lowest BCUT2D eigenvalue weighted by molar-refractivity contribution is 0.464. The second-order valence-corrected chi connectivity index (χ2v) is 9.78. The molecule has 4 heterocycles. The number of fused-ring (bicyclic) bond motifs is 4. The van der Waals surface area contributed by atoms with Gasteiger partial charge in [-0.05, 0) is 55.9 Å². The lowest BCUT2D eigenvalue weighted by Gasteiger charge is -2.34. The molecule has 2 atom stereocenters. The van der Waals surface area contributed by atoms with Crippen LogP contribution in [0.3, 0.4) is 0 Å². The van der Waals surface area contributed by atoms with Gasteiger partial charge in [0.1, 0.15) is 11.6 Å². The highest BCUT2D eigenvalue weighted by Gasteiger charge is 2.33. The zero-order valence-corrected chi connectivity index (χ0v) is 19.4. The van der Waals surface area contributed by atoms with Crippen LogP contribution < -0.4 is 10.2 Å². The van der Waals surface area contributed by atoms with E-state index in [0.717, 1.165) is 66.3 Å². The van der Waals surface area contributed by atoms with Crippen LogP contribution in [-0.2, 0) is 12.8 Å². The maximum absolute atomic E-state index is 6.91. The first-order valence-corrected chi connectivity index (χ1v) is 12.2. The lowest BCUT2D eigenvalue weighted by Crippen LogP contribution is -2.51. The van der Waals surface area contributed by atoms with Gasteiger partial charge in [-0.25, -0.2) is 15.0 Å². The quantitative estimate of drug-likeness (QED) is 0.606. The summed E-state index contributed by atoms with van der Waals surface area (Å²) in [6, 6.07) is 7.60. The van der Waals surface area contributed by atoms with E-state index >= 15 is 0 Å². The smallest absolute Gasteiger partial charge is 0.165 e. The number of nitrogens with zero attached hydrogens (tertiary/aromatic N) is 4. The minimum Gasteiger partial charge on any atom is -0.353 e. The molecule has 2 aromatic heterocycles. The maximum atomic E-state index is 6.91. The molecule has 6 heteroatoms. The first-order valence-electron chi connectivity index (χ1n) is 11.8. The molecule has 1 aliphatic carbocycles. The summed E-state index contributed by atoms with van der Waals surface area (Å²) in [5.41, 5.74) is 6.50. The van der Waals surface area contributed by atoms with Gasteiger partial charge >= 0.3 is 0 Å². The fourth-order valence-corrected chi connectivity index (χ4v) is 5.78. The standard InChI is InChI=1S/C26H28ClN5/c1-3-23-29-25-21(26(30-23)32-13-17-8-9-18(14-32)28-17)12-22(27)24(31-25)20-11-15(2)10-16-6-4-5-7-19(16)20/h5,7,10-12,17-18,28H,3-4,6,8-9,13-14H2,1-2H3. The summed E-state index contributed by atoms with van der Waals surface area (Å²) in [4.78, 5) is 17.2. The molecule has 5 nitrogen and oxygen atoms in total. The van der Waals surface area contributed by atoms with Gasteiger partial charge < -0.3 is 10.2 Å². The fraction of sp³-hybridized carbons (Fsp3) is 0.423. The molecule has 3 aliphatic rings.